The number of carbonyl (C=O) groups excluding carboxylic acids is 1. The van der Waals surface area contributed by atoms with Gasteiger partial charge in [0.25, 0.3) is 0 Å². The molecule has 5 rings (SSSR count). The zero-order chi connectivity index (χ0) is 22.4. The second-order valence-corrected chi connectivity index (χ2v) is 13.7. The van der Waals surface area contributed by atoms with E-state index in [0.29, 0.717) is 40.6 Å². The first-order valence-electron chi connectivity index (χ1n) is 13.2. The third-order valence-electron chi connectivity index (χ3n) is 11.8. The molecule has 5 fully saturated rings. The number of rotatable bonds is 6. The molecule has 0 aliphatic heterocycles. The second kappa shape index (κ2) is 7.05. The summed E-state index contributed by atoms with van der Waals surface area (Å²) in [5, 5.41) is 10.1. The van der Waals surface area contributed by atoms with E-state index in [9.17, 15) is 9.90 Å². The fourth-order valence-corrected chi connectivity index (χ4v) is 10.6. The van der Waals surface area contributed by atoms with Crippen LogP contribution in [-0.4, -0.2) is 29.7 Å². The molecular formula is C28H46O3. The molecule has 0 amide bonds. The highest BCUT2D eigenvalue weighted by Crippen LogP contribution is 2.82. The van der Waals surface area contributed by atoms with Crippen LogP contribution in [0.5, 0.6) is 0 Å². The zero-order valence-corrected chi connectivity index (χ0v) is 20.9. The van der Waals surface area contributed by atoms with Crippen LogP contribution < -0.4 is 0 Å². The second-order valence-electron chi connectivity index (χ2n) is 13.7. The molecule has 1 N–H and O–H groups in total. The monoisotopic (exact) mass is 430 g/mol. The number of ether oxygens (including phenoxy) is 1. The Morgan fingerprint density at radius 1 is 1.13 bits per heavy atom. The first-order valence-corrected chi connectivity index (χ1v) is 13.2. The number of aliphatic hydroxyl groups is 1. The summed E-state index contributed by atoms with van der Waals surface area (Å²) in [6.07, 6.45) is 12.3. The maximum absolute atomic E-state index is 12.6. The molecule has 1 unspecified atom stereocenters. The lowest BCUT2D eigenvalue weighted by molar-refractivity contribution is -0.161. The van der Waals surface area contributed by atoms with Gasteiger partial charge >= 0.3 is 0 Å². The minimum atomic E-state index is -0.887. The fourth-order valence-electron chi connectivity index (χ4n) is 10.6. The van der Waals surface area contributed by atoms with Crippen LogP contribution in [0.2, 0.25) is 0 Å². The van der Waals surface area contributed by atoms with Crippen LogP contribution in [-0.2, 0) is 9.53 Å². The summed E-state index contributed by atoms with van der Waals surface area (Å²) in [5.74, 6) is 4.73. The van der Waals surface area contributed by atoms with Gasteiger partial charge in [-0.1, -0.05) is 20.8 Å². The summed E-state index contributed by atoms with van der Waals surface area (Å²) in [6.45, 7) is 11.0. The van der Waals surface area contributed by atoms with Gasteiger partial charge in [0.05, 0.1) is 11.7 Å². The molecule has 0 aromatic heterocycles. The first-order chi connectivity index (χ1) is 14.5. The highest BCUT2D eigenvalue weighted by Gasteiger charge is 2.77. The van der Waals surface area contributed by atoms with E-state index >= 15 is 0 Å². The maximum Gasteiger partial charge on any atom is 0.136 e. The number of Topliss-reactive ketones (excluding diaryl/α,β-unsaturated/α-hetero) is 1. The van der Waals surface area contributed by atoms with Gasteiger partial charge in [0.1, 0.15) is 5.78 Å². The van der Waals surface area contributed by atoms with E-state index in [4.69, 9.17) is 4.74 Å². The highest BCUT2D eigenvalue weighted by molar-refractivity contribution is 5.79. The van der Waals surface area contributed by atoms with Crippen LogP contribution in [0, 0.1) is 51.8 Å². The molecule has 0 bridgehead atoms. The fraction of sp³-hybridized carbons (Fsp3) is 0.964. The lowest BCUT2D eigenvalue weighted by Gasteiger charge is -2.61. The van der Waals surface area contributed by atoms with Gasteiger partial charge in [0, 0.05) is 25.4 Å². The minimum absolute atomic E-state index is 0.234. The van der Waals surface area contributed by atoms with Gasteiger partial charge in [-0.2, -0.15) is 0 Å². The molecule has 5 aliphatic rings. The topological polar surface area (TPSA) is 46.5 Å². The molecule has 5 saturated carbocycles. The molecule has 0 heterocycles. The van der Waals surface area contributed by atoms with E-state index in [0.717, 1.165) is 23.7 Å². The normalized spacial score (nSPS) is 51.5. The summed E-state index contributed by atoms with van der Waals surface area (Å²) in [4.78, 5) is 12.6. The van der Waals surface area contributed by atoms with E-state index in [1.165, 1.54) is 51.4 Å². The van der Waals surface area contributed by atoms with Crippen molar-refractivity contribution in [1.82, 2.24) is 0 Å². The Bertz CT molecular complexity index is 739. The van der Waals surface area contributed by atoms with Crippen molar-refractivity contribution in [3.05, 3.63) is 0 Å². The third-order valence-corrected chi connectivity index (χ3v) is 11.8. The molecule has 3 nitrogen and oxygen atoms in total. The van der Waals surface area contributed by atoms with Crippen LogP contribution in [0.4, 0.5) is 0 Å². The molecule has 31 heavy (non-hydrogen) atoms. The summed E-state index contributed by atoms with van der Waals surface area (Å²) in [5.41, 5.74) is 0.484. The maximum atomic E-state index is 12.6. The van der Waals surface area contributed by atoms with Gasteiger partial charge in [-0.05, 0) is 112 Å². The van der Waals surface area contributed by atoms with Crippen LogP contribution in [0.25, 0.3) is 0 Å². The average molecular weight is 431 g/mol. The Kier molecular flexibility index (Phi) is 5.09. The van der Waals surface area contributed by atoms with Crippen molar-refractivity contribution in [3.63, 3.8) is 0 Å². The predicted molar refractivity (Wildman–Crippen MR) is 124 cm³/mol. The van der Waals surface area contributed by atoms with Gasteiger partial charge in [-0.25, -0.2) is 0 Å². The number of ketones is 1. The Morgan fingerprint density at radius 2 is 1.87 bits per heavy atom. The quantitative estimate of drug-likeness (QED) is 0.560. The molecule has 0 aromatic carbocycles. The van der Waals surface area contributed by atoms with Gasteiger partial charge in [-0.3, -0.25) is 4.79 Å². The lowest BCUT2D eigenvalue weighted by atomic mass is 9.45. The van der Waals surface area contributed by atoms with Crippen molar-refractivity contribution in [3.8, 4) is 0 Å². The number of hydrogen-bond donors (Lipinski definition) is 1. The van der Waals surface area contributed by atoms with E-state index in [1.54, 1.807) is 13.8 Å². The first kappa shape index (κ1) is 22.4. The number of hydrogen-bond acceptors (Lipinski definition) is 3. The Labute approximate surface area is 190 Å². The standard InChI is InChI=1S/C28H46O3/c1-17(13-19(29)16-25(2,3)30)21-7-8-22-20-14-24(31-6)28-15-18(28)9-12-27(28,5)23(20)10-11-26(21,22)4/h17-18,20-24,30H,7-16H2,1-6H3/t17-,18-,20+,21?,22+,23+,24-,26-,27-,28+/m1/s1. The lowest BCUT2D eigenvalue weighted by Crippen LogP contribution is -2.57. The number of carbonyl (C=O) groups is 1. The molecule has 5 aliphatic carbocycles. The smallest absolute Gasteiger partial charge is 0.136 e. The molecule has 0 saturated heterocycles. The predicted octanol–water partition coefficient (Wildman–Crippen LogP) is 6.03. The third kappa shape index (κ3) is 3.07. The van der Waals surface area contributed by atoms with Gasteiger partial charge < -0.3 is 9.84 Å². The van der Waals surface area contributed by atoms with E-state index in [2.05, 4.69) is 20.8 Å². The SMILES string of the molecule is CO[C@@H]1C[C@H]2[C@@H]3CCC([C@H](C)CC(=O)CC(C)(C)O)[C@@]3(C)CC[C@@H]2[C@@]2(C)CC[C@@H]3C[C@]312. The summed E-state index contributed by atoms with van der Waals surface area (Å²) in [7, 11) is 1.98. The van der Waals surface area contributed by atoms with Crippen molar-refractivity contribution >= 4 is 5.78 Å². The molecule has 0 radical (unpaired) electrons. The average Bonchev–Trinajstić information content (AvgIpc) is 3.16. The van der Waals surface area contributed by atoms with Gasteiger partial charge in [0.2, 0.25) is 0 Å². The van der Waals surface area contributed by atoms with Crippen LogP contribution in [0.15, 0.2) is 0 Å². The van der Waals surface area contributed by atoms with Crippen molar-refractivity contribution in [2.24, 2.45) is 51.8 Å². The van der Waals surface area contributed by atoms with Gasteiger partial charge in [0.15, 0.2) is 0 Å². The summed E-state index contributed by atoms with van der Waals surface area (Å²) < 4.78 is 6.25. The van der Waals surface area contributed by atoms with Gasteiger partial charge in [-0.15, -0.1) is 0 Å². The summed E-state index contributed by atoms with van der Waals surface area (Å²) >= 11 is 0. The van der Waals surface area contributed by atoms with Crippen LogP contribution >= 0.6 is 0 Å². The molecule has 1 spiro atoms. The highest BCUT2D eigenvalue weighted by atomic mass is 16.5. The number of methoxy groups -OCH3 is 1. The van der Waals surface area contributed by atoms with Crippen molar-refractivity contribution < 1.29 is 14.6 Å². The Morgan fingerprint density at radius 3 is 2.52 bits per heavy atom. The minimum Gasteiger partial charge on any atom is -0.390 e. The van der Waals surface area contributed by atoms with Crippen LogP contribution in [0.1, 0.15) is 98.8 Å². The number of fused-ring (bicyclic) bond motifs is 4. The van der Waals surface area contributed by atoms with E-state index in [1.807, 2.05) is 7.11 Å². The van der Waals surface area contributed by atoms with Crippen molar-refractivity contribution in [1.29, 1.82) is 0 Å². The summed E-state index contributed by atoms with van der Waals surface area (Å²) in [6, 6.07) is 0. The van der Waals surface area contributed by atoms with E-state index in [-0.39, 0.29) is 12.2 Å². The van der Waals surface area contributed by atoms with E-state index < -0.39 is 5.60 Å². The zero-order valence-electron chi connectivity index (χ0n) is 20.9. The molecule has 0 aromatic rings. The molecule has 176 valence electrons. The molecule has 3 heteroatoms. The Hall–Kier alpha value is -0.410. The molecule has 10 atom stereocenters. The van der Waals surface area contributed by atoms with Crippen LogP contribution in [0.3, 0.4) is 0 Å². The largest absolute Gasteiger partial charge is 0.390 e. The Balaban J connectivity index is 1.35. The molecular weight excluding hydrogens is 384 g/mol. The van der Waals surface area contributed by atoms with Crippen molar-refractivity contribution in [2.45, 2.75) is 111 Å². The van der Waals surface area contributed by atoms with Crippen molar-refractivity contribution in [2.75, 3.05) is 7.11 Å².